The fourth-order valence-electron chi connectivity index (χ4n) is 4.65. The summed E-state index contributed by atoms with van der Waals surface area (Å²) in [6.07, 6.45) is 0. The molecule has 0 amide bonds. The molecule has 2 nitrogen and oxygen atoms in total. The van der Waals surface area contributed by atoms with Crippen molar-refractivity contribution >= 4 is 23.2 Å². The van der Waals surface area contributed by atoms with E-state index in [0.717, 1.165) is 22.3 Å². The van der Waals surface area contributed by atoms with Gasteiger partial charge in [-0.3, -0.25) is 0 Å². The molecule has 0 atom stereocenters. The molecule has 0 unspecified atom stereocenters. The van der Waals surface area contributed by atoms with E-state index in [1.54, 1.807) is 36.4 Å². The maximum atomic E-state index is 14.6. The third-order valence-electron chi connectivity index (χ3n) is 6.35. The van der Waals surface area contributed by atoms with Gasteiger partial charge in [0.2, 0.25) is 0 Å². The zero-order valence-electron chi connectivity index (χ0n) is 17.7. The molecular weight excluding hydrogens is 465 g/mol. The second-order valence-electron chi connectivity index (χ2n) is 8.70. The molecule has 0 saturated heterocycles. The standard InChI is InChI=1S/C27H18Cl2F2O2/c1-27(2)21-9-19(15-5-3-13(28)7-23(15)30)25(32)11-17(21)18-12-26(33)20(10-22(18)27)16-6-4-14(29)8-24(16)31/h3-12,32-33H,1-2H3. The molecule has 4 aromatic carbocycles. The average molecular weight is 483 g/mol. The molecule has 1 aliphatic rings. The fourth-order valence-corrected chi connectivity index (χ4v) is 4.97. The van der Waals surface area contributed by atoms with Crippen LogP contribution in [0.4, 0.5) is 8.78 Å². The van der Waals surface area contributed by atoms with Crippen molar-refractivity contribution in [3.63, 3.8) is 0 Å². The monoisotopic (exact) mass is 482 g/mol. The highest BCUT2D eigenvalue weighted by Crippen LogP contribution is 2.54. The Morgan fingerprint density at radius 3 is 1.33 bits per heavy atom. The molecule has 33 heavy (non-hydrogen) atoms. The first-order valence-corrected chi connectivity index (χ1v) is 11.0. The van der Waals surface area contributed by atoms with Crippen molar-refractivity contribution in [2.75, 3.05) is 0 Å². The van der Waals surface area contributed by atoms with Crippen LogP contribution in [0, 0.1) is 11.6 Å². The van der Waals surface area contributed by atoms with Gasteiger partial charge in [-0.25, -0.2) is 8.78 Å². The van der Waals surface area contributed by atoms with Crippen molar-refractivity contribution in [2.24, 2.45) is 0 Å². The Morgan fingerprint density at radius 1 is 0.576 bits per heavy atom. The SMILES string of the molecule is CC1(C)c2cc(-c3ccc(Cl)cc3F)c(O)cc2-c2cc(O)c(-c3ccc(Cl)cc3F)cc21. The van der Waals surface area contributed by atoms with E-state index in [0.29, 0.717) is 11.1 Å². The van der Waals surface area contributed by atoms with Crippen LogP contribution < -0.4 is 0 Å². The van der Waals surface area contributed by atoms with Crippen LogP contribution in [0.5, 0.6) is 11.5 Å². The van der Waals surface area contributed by atoms with Crippen LogP contribution in [0.1, 0.15) is 25.0 Å². The van der Waals surface area contributed by atoms with E-state index < -0.39 is 17.0 Å². The van der Waals surface area contributed by atoms with Crippen LogP contribution >= 0.6 is 23.2 Å². The van der Waals surface area contributed by atoms with Gasteiger partial charge in [-0.05, 0) is 82.9 Å². The minimum Gasteiger partial charge on any atom is -0.507 e. The van der Waals surface area contributed by atoms with Gasteiger partial charge in [0.05, 0.1) is 0 Å². The zero-order chi connectivity index (χ0) is 23.7. The van der Waals surface area contributed by atoms with Gasteiger partial charge in [0, 0.05) is 37.7 Å². The maximum Gasteiger partial charge on any atom is 0.132 e. The van der Waals surface area contributed by atoms with E-state index in [9.17, 15) is 19.0 Å². The predicted octanol–water partition coefficient (Wildman–Crippen LogP) is 8.32. The van der Waals surface area contributed by atoms with Gasteiger partial charge in [0.25, 0.3) is 0 Å². The first kappa shape index (κ1) is 21.7. The lowest BCUT2D eigenvalue weighted by molar-refractivity contribution is 0.475. The second-order valence-corrected chi connectivity index (χ2v) is 9.58. The van der Waals surface area contributed by atoms with Crippen LogP contribution in [0.15, 0.2) is 60.7 Å². The summed E-state index contributed by atoms with van der Waals surface area (Å²) in [7, 11) is 0. The van der Waals surface area contributed by atoms with Gasteiger partial charge in [0.1, 0.15) is 23.1 Å². The minimum atomic E-state index is -0.554. The Morgan fingerprint density at radius 2 is 0.970 bits per heavy atom. The van der Waals surface area contributed by atoms with E-state index in [-0.39, 0.29) is 32.7 Å². The van der Waals surface area contributed by atoms with Crippen molar-refractivity contribution in [1.82, 2.24) is 0 Å². The lowest BCUT2D eigenvalue weighted by Crippen LogP contribution is -2.15. The first-order valence-electron chi connectivity index (χ1n) is 10.2. The summed E-state index contributed by atoms with van der Waals surface area (Å²) in [4.78, 5) is 0. The fraction of sp³-hybridized carbons (Fsp3) is 0.111. The quantitative estimate of drug-likeness (QED) is 0.301. The van der Waals surface area contributed by atoms with E-state index in [1.165, 1.54) is 24.3 Å². The van der Waals surface area contributed by atoms with Crippen LogP contribution in [0.2, 0.25) is 10.0 Å². The molecule has 5 rings (SSSR count). The normalized spacial score (nSPS) is 13.6. The highest BCUT2D eigenvalue weighted by atomic mass is 35.5. The van der Waals surface area contributed by atoms with Crippen molar-refractivity contribution < 1.29 is 19.0 Å². The second kappa shape index (κ2) is 7.47. The smallest absolute Gasteiger partial charge is 0.132 e. The summed E-state index contributed by atoms with van der Waals surface area (Å²) >= 11 is 11.8. The molecule has 1 aliphatic carbocycles. The van der Waals surface area contributed by atoms with Crippen molar-refractivity contribution in [3.05, 3.63) is 93.5 Å². The van der Waals surface area contributed by atoms with Gasteiger partial charge in [-0.1, -0.05) is 37.0 Å². The zero-order valence-corrected chi connectivity index (χ0v) is 19.2. The largest absolute Gasteiger partial charge is 0.507 e. The molecule has 166 valence electrons. The van der Waals surface area contributed by atoms with Crippen molar-refractivity contribution in [3.8, 4) is 44.9 Å². The summed E-state index contributed by atoms with van der Waals surface area (Å²) < 4.78 is 29.2. The Bertz CT molecular complexity index is 1350. The molecule has 2 N–H and O–H groups in total. The molecular formula is C27H18Cl2F2O2. The molecule has 0 aliphatic heterocycles. The summed E-state index contributed by atoms with van der Waals surface area (Å²) in [5.74, 6) is -1.26. The Labute approximate surface area is 199 Å². The Hall–Kier alpha value is -3.08. The van der Waals surface area contributed by atoms with E-state index >= 15 is 0 Å². The molecule has 0 spiro atoms. The average Bonchev–Trinajstić information content (AvgIpc) is 2.93. The van der Waals surface area contributed by atoms with Gasteiger partial charge in [0.15, 0.2) is 0 Å². The van der Waals surface area contributed by atoms with E-state index in [2.05, 4.69) is 0 Å². The predicted molar refractivity (Wildman–Crippen MR) is 128 cm³/mol. The summed E-state index contributed by atoms with van der Waals surface area (Å²) in [6.45, 7) is 3.99. The number of fused-ring (bicyclic) bond motifs is 3. The first-order chi connectivity index (χ1) is 15.6. The highest BCUT2D eigenvalue weighted by Gasteiger charge is 2.38. The third-order valence-corrected chi connectivity index (χ3v) is 6.82. The number of rotatable bonds is 2. The van der Waals surface area contributed by atoms with Crippen molar-refractivity contribution in [2.45, 2.75) is 19.3 Å². The van der Waals surface area contributed by atoms with Crippen LogP contribution in [0.3, 0.4) is 0 Å². The van der Waals surface area contributed by atoms with E-state index in [1.807, 2.05) is 13.8 Å². The molecule has 4 aromatic rings. The lowest BCUT2D eigenvalue weighted by atomic mass is 9.80. The number of aromatic hydroxyl groups is 2. The minimum absolute atomic E-state index is 0.0917. The number of benzene rings is 4. The summed E-state index contributed by atoms with van der Waals surface area (Å²) in [5, 5.41) is 22.0. The molecule has 0 aromatic heterocycles. The van der Waals surface area contributed by atoms with Crippen molar-refractivity contribution in [1.29, 1.82) is 0 Å². The Kier molecular flexibility index (Phi) is 4.93. The number of hydrogen-bond donors (Lipinski definition) is 2. The van der Waals surface area contributed by atoms with E-state index in [4.69, 9.17) is 23.2 Å². The van der Waals surface area contributed by atoms with Gasteiger partial charge in [-0.2, -0.15) is 0 Å². The number of hydrogen-bond acceptors (Lipinski definition) is 2. The van der Waals surface area contributed by atoms with Gasteiger partial charge in [-0.15, -0.1) is 0 Å². The molecule has 0 saturated carbocycles. The van der Waals surface area contributed by atoms with Crippen LogP contribution in [0.25, 0.3) is 33.4 Å². The highest BCUT2D eigenvalue weighted by molar-refractivity contribution is 6.31. The molecule has 0 radical (unpaired) electrons. The third kappa shape index (κ3) is 3.36. The van der Waals surface area contributed by atoms with Crippen LogP contribution in [-0.4, -0.2) is 10.2 Å². The number of phenolic OH excluding ortho intramolecular Hbond substituents is 2. The van der Waals surface area contributed by atoms with Gasteiger partial charge < -0.3 is 10.2 Å². The molecule has 6 heteroatoms. The summed E-state index contributed by atoms with van der Waals surface area (Å²) in [5.41, 5.74) is 3.76. The number of halogens is 4. The number of phenols is 2. The molecule has 0 bridgehead atoms. The Balaban J connectivity index is 1.71. The maximum absolute atomic E-state index is 14.6. The molecule has 0 fully saturated rings. The molecule has 0 heterocycles. The lowest BCUT2D eigenvalue weighted by Gasteiger charge is -2.23. The van der Waals surface area contributed by atoms with Gasteiger partial charge >= 0.3 is 0 Å². The van der Waals surface area contributed by atoms with Crippen LogP contribution in [-0.2, 0) is 5.41 Å². The summed E-state index contributed by atoms with van der Waals surface area (Å²) in [6, 6.07) is 15.3. The topological polar surface area (TPSA) is 40.5 Å².